The highest BCUT2D eigenvalue weighted by Gasteiger charge is 2.71. The van der Waals surface area contributed by atoms with Crippen molar-refractivity contribution in [2.45, 2.75) is 12.5 Å². The van der Waals surface area contributed by atoms with Gasteiger partial charge in [0.05, 0.1) is 16.8 Å². The largest absolute Gasteiger partial charge is 0.507 e. The SMILES string of the molecule is Cc1ccc(N2C(=O)C3(C4=C2c2ccccc2C4=O)/C(=C(\O)c2ccccc2)C(=O)C(=O)N3c2ccc(Cl)cc2)cc1. The molecular formula is C34H21ClN2O5. The van der Waals surface area contributed by atoms with Crippen LogP contribution in [-0.4, -0.2) is 34.0 Å². The van der Waals surface area contributed by atoms with Gasteiger partial charge < -0.3 is 5.11 Å². The molecule has 3 aliphatic rings. The van der Waals surface area contributed by atoms with Crippen LogP contribution in [0.1, 0.15) is 27.0 Å². The number of aliphatic hydroxyl groups is 1. The first-order valence-corrected chi connectivity index (χ1v) is 13.6. The number of rotatable bonds is 3. The van der Waals surface area contributed by atoms with Crippen LogP contribution in [0.4, 0.5) is 11.4 Å². The number of nitrogens with zero attached hydrogens (tertiary/aromatic N) is 2. The summed E-state index contributed by atoms with van der Waals surface area (Å²) in [7, 11) is 0. The van der Waals surface area contributed by atoms with Gasteiger partial charge in [-0.1, -0.05) is 83.9 Å². The highest BCUT2D eigenvalue weighted by Crippen LogP contribution is 2.57. The molecule has 0 saturated carbocycles. The van der Waals surface area contributed by atoms with E-state index in [0.29, 0.717) is 21.8 Å². The number of amides is 2. The molecule has 1 aliphatic carbocycles. The fourth-order valence-electron chi connectivity index (χ4n) is 6.14. The van der Waals surface area contributed by atoms with Crippen molar-refractivity contribution in [1.82, 2.24) is 0 Å². The van der Waals surface area contributed by atoms with Crippen LogP contribution >= 0.6 is 11.6 Å². The van der Waals surface area contributed by atoms with E-state index in [2.05, 4.69) is 0 Å². The van der Waals surface area contributed by atoms with E-state index in [1.807, 2.05) is 19.1 Å². The molecule has 4 aromatic carbocycles. The first-order chi connectivity index (χ1) is 20.3. The van der Waals surface area contributed by atoms with Gasteiger partial charge in [0.25, 0.3) is 11.7 Å². The van der Waals surface area contributed by atoms with Gasteiger partial charge in [-0.2, -0.15) is 0 Å². The Bertz CT molecular complexity index is 1930. The zero-order valence-corrected chi connectivity index (χ0v) is 22.9. The van der Waals surface area contributed by atoms with Crippen molar-refractivity contribution in [1.29, 1.82) is 0 Å². The Morgan fingerprint density at radius 3 is 1.98 bits per heavy atom. The van der Waals surface area contributed by atoms with Gasteiger partial charge in [-0.05, 0) is 43.3 Å². The molecule has 1 atom stereocenters. The molecule has 0 bridgehead atoms. The molecule has 7 rings (SSSR count). The summed E-state index contributed by atoms with van der Waals surface area (Å²) in [4.78, 5) is 59.8. The Hall–Kier alpha value is -5.27. The molecule has 1 unspecified atom stereocenters. The summed E-state index contributed by atoms with van der Waals surface area (Å²) in [5, 5.41) is 12.1. The molecule has 8 heteroatoms. The standard InChI is InChI=1S/C34H21ClN2O5/c1-19-11-15-22(16-12-19)36-28-24-9-5-6-10-25(24)30(39)26(28)34(33(36)42)27(29(38)20-7-3-2-4-8-20)31(40)32(41)37(34)23-17-13-21(35)14-18-23/h2-18,38H,1H3/b29-27-. The van der Waals surface area contributed by atoms with Crippen LogP contribution < -0.4 is 9.80 Å². The van der Waals surface area contributed by atoms with Crippen LogP contribution in [0, 0.1) is 6.92 Å². The third-order valence-electron chi connectivity index (χ3n) is 7.97. The third-order valence-corrected chi connectivity index (χ3v) is 8.22. The third kappa shape index (κ3) is 3.28. The van der Waals surface area contributed by atoms with Crippen molar-refractivity contribution in [3.8, 4) is 0 Å². The monoisotopic (exact) mass is 572 g/mol. The summed E-state index contributed by atoms with van der Waals surface area (Å²) in [5.74, 6) is -3.93. The van der Waals surface area contributed by atoms with Crippen molar-refractivity contribution in [2.24, 2.45) is 0 Å². The second kappa shape index (κ2) is 9.12. The first-order valence-electron chi connectivity index (χ1n) is 13.2. The molecule has 42 heavy (non-hydrogen) atoms. The van der Waals surface area contributed by atoms with E-state index in [1.165, 1.54) is 29.2 Å². The molecule has 1 N–H and O–H groups in total. The predicted molar refractivity (Wildman–Crippen MR) is 159 cm³/mol. The Morgan fingerprint density at radius 2 is 1.31 bits per heavy atom. The first kappa shape index (κ1) is 25.7. The lowest BCUT2D eigenvalue weighted by Gasteiger charge is -2.36. The van der Waals surface area contributed by atoms with Crippen LogP contribution in [0.2, 0.25) is 5.02 Å². The number of aliphatic hydroxyl groups excluding tert-OH is 1. The van der Waals surface area contributed by atoms with E-state index in [9.17, 15) is 19.5 Å². The second-order valence-corrected chi connectivity index (χ2v) is 10.8. The Balaban J connectivity index is 1.63. The molecule has 4 aromatic rings. The highest BCUT2D eigenvalue weighted by atomic mass is 35.5. The summed E-state index contributed by atoms with van der Waals surface area (Å²) in [5.41, 5.74) is 0.0400. The van der Waals surface area contributed by atoms with Gasteiger partial charge in [0.15, 0.2) is 11.3 Å². The topological polar surface area (TPSA) is 95.0 Å². The molecule has 2 heterocycles. The van der Waals surface area contributed by atoms with Crippen molar-refractivity contribution in [3.63, 3.8) is 0 Å². The lowest BCUT2D eigenvalue weighted by Crippen LogP contribution is -2.57. The van der Waals surface area contributed by atoms with Gasteiger partial charge in [0, 0.05) is 33.1 Å². The molecule has 0 radical (unpaired) electrons. The molecule has 0 aromatic heterocycles. The maximum Gasteiger partial charge on any atom is 0.300 e. The van der Waals surface area contributed by atoms with Gasteiger partial charge in [0.1, 0.15) is 5.76 Å². The van der Waals surface area contributed by atoms with E-state index >= 15 is 4.79 Å². The quantitative estimate of drug-likeness (QED) is 0.187. The minimum absolute atomic E-state index is 0.0686. The average molecular weight is 573 g/mol. The molecule has 204 valence electrons. The predicted octanol–water partition coefficient (Wildman–Crippen LogP) is 5.93. The number of fused-ring (bicyclic) bond motifs is 3. The zero-order chi connectivity index (χ0) is 29.3. The fraction of sp³-hybridized carbons (Fsp3) is 0.0588. The number of anilines is 2. The Kier molecular flexibility index (Phi) is 5.58. The van der Waals surface area contributed by atoms with E-state index in [4.69, 9.17) is 11.6 Å². The lowest BCUT2D eigenvalue weighted by molar-refractivity contribution is -0.132. The van der Waals surface area contributed by atoms with Crippen molar-refractivity contribution < 1.29 is 24.3 Å². The van der Waals surface area contributed by atoms with E-state index in [-0.39, 0.29) is 22.5 Å². The van der Waals surface area contributed by atoms with Crippen LogP contribution in [0.25, 0.3) is 11.5 Å². The fourth-order valence-corrected chi connectivity index (χ4v) is 6.27. The van der Waals surface area contributed by atoms with Crippen molar-refractivity contribution >= 4 is 57.8 Å². The number of ketones is 2. The van der Waals surface area contributed by atoms with Gasteiger partial charge in [-0.3, -0.25) is 29.0 Å². The number of hydrogen-bond donors (Lipinski definition) is 1. The normalized spacial score (nSPS) is 20.6. The smallest absolute Gasteiger partial charge is 0.300 e. The molecular weight excluding hydrogens is 552 g/mol. The molecule has 2 aliphatic heterocycles. The number of Topliss-reactive ketones (excluding diaryl/α,β-unsaturated/α-hetero) is 2. The van der Waals surface area contributed by atoms with Crippen LogP contribution in [-0.2, 0) is 14.4 Å². The highest BCUT2D eigenvalue weighted by molar-refractivity contribution is 6.58. The van der Waals surface area contributed by atoms with Crippen molar-refractivity contribution in [3.05, 3.63) is 142 Å². The maximum absolute atomic E-state index is 15.1. The second-order valence-electron chi connectivity index (χ2n) is 10.3. The summed E-state index contributed by atoms with van der Waals surface area (Å²) in [6, 6.07) is 28.2. The maximum atomic E-state index is 15.1. The molecule has 7 nitrogen and oxygen atoms in total. The molecule has 1 fully saturated rings. The number of hydrogen-bond acceptors (Lipinski definition) is 5. The number of aryl methyl sites for hydroxylation is 1. The van der Waals surface area contributed by atoms with Gasteiger partial charge in [0.2, 0.25) is 0 Å². The summed E-state index contributed by atoms with van der Waals surface area (Å²) in [6.07, 6.45) is 0. The Morgan fingerprint density at radius 1 is 0.714 bits per heavy atom. The number of carbonyl (C=O) groups excluding carboxylic acids is 4. The minimum atomic E-state index is -2.29. The lowest BCUT2D eigenvalue weighted by atomic mass is 9.79. The molecule has 2 amide bonds. The van der Waals surface area contributed by atoms with Gasteiger partial charge >= 0.3 is 5.91 Å². The Labute approximate surface area is 245 Å². The van der Waals surface area contributed by atoms with Gasteiger partial charge in [-0.25, -0.2) is 0 Å². The van der Waals surface area contributed by atoms with E-state index in [1.54, 1.807) is 66.7 Å². The van der Waals surface area contributed by atoms with Gasteiger partial charge in [-0.15, -0.1) is 0 Å². The number of halogens is 1. The zero-order valence-electron chi connectivity index (χ0n) is 22.2. The summed E-state index contributed by atoms with van der Waals surface area (Å²) >= 11 is 6.15. The number of carbonyl (C=O) groups is 4. The molecule has 1 saturated heterocycles. The van der Waals surface area contributed by atoms with Crippen LogP contribution in [0.15, 0.2) is 114 Å². The summed E-state index contributed by atoms with van der Waals surface area (Å²) in [6.45, 7) is 1.91. The average Bonchev–Trinajstić information content (AvgIpc) is 3.53. The van der Waals surface area contributed by atoms with Crippen LogP contribution in [0.3, 0.4) is 0 Å². The number of benzene rings is 4. The minimum Gasteiger partial charge on any atom is -0.507 e. The van der Waals surface area contributed by atoms with Crippen LogP contribution in [0.5, 0.6) is 0 Å². The van der Waals surface area contributed by atoms with E-state index in [0.717, 1.165) is 10.5 Å². The van der Waals surface area contributed by atoms with E-state index < -0.39 is 40.3 Å². The molecule has 1 spiro atoms. The summed E-state index contributed by atoms with van der Waals surface area (Å²) < 4.78 is 0. The van der Waals surface area contributed by atoms with Crippen molar-refractivity contribution in [2.75, 3.05) is 9.80 Å².